The van der Waals surface area contributed by atoms with E-state index in [9.17, 15) is 0 Å². The Hall–Kier alpha value is -1.71. The zero-order valence-electron chi connectivity index (χ0n) is 13.4. The quantitative estimate of drug-likeness (QED) is 0.849. The lowest BCUT2D eigenvalue weighted by molar-refractivity contribution is 0.177. The summed E-state index contributed by atoms with van der Waals surface area (Å²) < 4.78 is 0. The number of nitrogens with zero attached hydrogens (tertiary/aromatic N) is 1. The molecule has 3 rings (SSSR count). The maximum Gasteiger partial charge on any atom is 0.103 e. The van der Waals surface area contributed by atoms with E-state index in [4.69, 9.17) is 18.0 Å². The van der Waals surface area contributed by atoms with Crippen LogP contribution in [0.4, 0.5) is 0 Å². The third-order valence-electron chi connectivity index (χ3n) is 4.72. The first-order valence-corrected chi connectivity index (χ1v) is 8.76. The van der Waals surface area contributed by atoms with Gasteiger partial charge in [0.2, 0.25) is 0 Å². The Morgan fingerprint density at radius 3 is 2.22 bits per heavy atom. The second-order valence-electron chi connectivity index (χ2n) is 6.47. The lowest BCUT2D eigenvalue weighted by atomic mass is 9.90. The molecule has 0 radical (unpaired) electrons. The molecule has 1 saturated heterocycles. The van der Waals surface area contributed by atoms with Crippen molar-refractivity contribution in [3.05, 3.63) is 71.3 Å². The molecule has 0 saturated carbocycles. The standard InChI is InChI=1S/C20H24N2S/c21-20(23)19-8-6-18(7-9-19)15-22-12-10-17(11-13-22)14-16-4-2-1-3-5-16/h1-9,17H,10-15H2,(H2,21,23). The molecular weight excluding hydrogens is 300 g/mol. The Kier molecular flexibility index (Phi) is 5.42. The van der Waals surface area contributed by atoms with Crippen LogP contribution in [0.15, 0.2) is 54.6 Å². The van der Waals surface area contributed by atoms with Crippen LogP contribution in [0, 0.1) is 5.92 Å². The molecule has 0 bridgehead atoms. The van der Waals surface area contributed by atoms with E-state index in [1.165, 1.54) is 43.5 Å². The average Bonchev–Trinajstić information content (AvgIpc) is 2.58. The van der Waals surface area contributed by atoms with Gasteiger partial charge in [-0.2, -0.15) is 0 Å². The summed E-state index contributed by atoms with van der Waals surface area (Å²) in [4.78, 5) is 3.02. The number of benzene rings is 2. The summed E-state index contributed by atoms with van der Waals surface area (Å²) in [5, 5.41) is 0. The monoisotopic (exact) mass is 324 g/mol. The Morgan fingerprint density at radius 1 is 0.957 bits per heavy atom. The molecule has 0 amide bonds. The highest BCUT2D eigenvalue weighted by Gasteiger charge is 2.19. The summed E-state index contributed by atoms with van der Waals surface area (Å²) in [7, 11) is 0. The van der Waals surface area contributed by atoms with Crippen molar-refractivity contribution in [1.82, 2.24) is 4.90 Å². The summed E-state index contributed by atoms with van der Waals surface area (Å²) in [5.74, 6) is 0.825. The maximum atomic E-state index is 5.65. The molecule has 2 aromatic rings. The van der Waals surface area contributed by atoms with Crippen LogP contribution in [0.25, 0.3) is 0 Å². The van der Waals surface area contributed by atoms with Crippen LogP contribution in [0.5, 0.6) is 0 Å². The summed E-state index contributed by atoms with van der Waals surface area (Å²) >= 11 is 5.00. The Morgan fingerprint density at radius 2 is 1.61 bits per heavy atom. The molecule has 0 unspecified atom stereocenters. The molecule has 0 spiro atoms. The van der Waals surface area contributed by atoms with Crippen molar-refractivity contribution < 1.29 is 0 Å². The smallest absolute Gasteiger partial charge is 0.103 e. The van der Waals surface area contributed by atoms with Gasteiger partial charge in [0.15, 0.2) is 0 Å². The zero-order chi connectivity index (χ0) is 16.1. The van der Waals surface area contributed by atoms with Crippen LogP contribution in [0.2, 0.25) is 0 Å². The second-order valence-corrected chi connectivity index (χ2v) is 6.91. The van der Waals surface area contributed by atoms with E-state index in [0.717, 1.165) is 18.0 Å². The van der Waals surface area contributed by atoms with E-state index < -0.39 is 0 Å². The first kappa shape index (κ1) is 16.2. The highest BCUT2D eigenvalue weighted by atomic mass is 32.1. The molecule has 1 aliphatic heterocycles. The van der Waals surface area contributed by atoms with E-state index in [0.29, 0.717) is 4.99 Å². The van der Waals surface area contributed by atoms with Crippen LogP contribution in [-0.2, 0) is 13.0 Å². The topological polar surface area (TPSA) is 29.3 Å². The molecule has 3 heteroatoms. The third-order valence-corrected chi connectivity index (χ3v) is 4.95. The maximum absolute atomic E-state index is 5.65. The number of thiocarbonyl (C=S) groups is 1. The number of piperidine rings is 1. The molecule has 2 N–H and O–H groups in total. The third kappa shape index (κ3) is 4.63. The van der Waals surface area contributed by atoms with Crippen molar-refractivity contribution in [3.63, 3.8) is 0 Å². The normalized spacial score (nSPS) is 16.3. The van der Waals surface area contributed by atoms with Crippen molar-refractivity contribution in [2.24, 2.45) is 11.7 Å². The van der Waals surface area contributed by atoms with Crippen LogP contribution < -0.4 is 5.73 Å². The van der Waals surface area contributed by atoms with Gasteiger partial charge in [0.05, 0.1) is 0 Å². The molecular formula is C20H24N2S. The van der Waals surface area contributed by atoms with Gasteiger partial charge < -0.3 is 5.73 Å². The molecule has 2 nitrogen and oxygen atoms in total. The van der Waals surface area contributed by atoms with E-state index >= 15 is 0 Å². The van der Waals surface area contributed by atoms with Gasteiger partial charge in [-0.15, -0.1) is 0 Å². The Balaban J connectivity index is 1.48. The molecule has 23 heavy (non-hydrogen) atoms. The predicted molar refractivity (Wildman–Crippen MR) is 100 cm³/mol. The first-order valence-electron chi connectivity index (χ1n) is 8.36. The van der Waals surface area contributed by atoms with Crippen molar-refractivity contribution in [2.45, 2.75) is 25.8 Å². The summed E-state index contributed by atoms with van der Waals surface area (Å²) in [6.45, 7) is 3.40. The number of hydrogen-bond acceptors (Lipinski definition) is 2. The van der Waals surface area contributed by atoms with Crippen LogP contribution >= 0.6 is 12.2 Å². The van der Waals surface area contributed by atoms with E-state index in [1.807, 2.05) is 12.1 Å². The minimum atomic E-state index is 0.471. The van der Waals surface area contributed by atoms with Crippen LogP contribution in [0.1, 0.15) is 29.5 Å². The molecule has 1 fully saturated rings. The number of nitrogens with two attached hydrogens (primary N) is 1. The SMILES string of the molecule is NC(=S)c1ccc(CN2CCC(Cc3ccccc3)CC2)cc1. The van der Waals surface area contributed by atoms with Crippen LogP contribution in [0.3, 0.4) is 0 Å². The fourth-order valence-corrected chi connectivity index (χ4v) is 3.46. The molecule has 120 valence electrons. The zero-order valence-corrected chi connectivity index (χ0v) is 14.3. The molecule has 1 heterocycles. The molecule has 1 aliphatic rings. The lowest BCUT2D eigenvalue weighted by Gasteiger charge is -2.32. The fourth-order valence-electron chi connectivity index (χ4n) is 3.33. The number of rotatable bonds is 5. The molecule has 0 aliphatic carbocycles. The van der Waals surface area contributed by atoms with E-state index in [-0.39, 0.29) is 0 Å². The second kappa shape index (κ2) is 7.71. The highest BCUT2D eigenvalue weighted by Crippen LogP contribution is 2.22. The lowest BCUT2D eigenvalue weighted by Crippen LogP contribution is -2.33. The Labute approximate surface area is 144 Å². The van der Waals surface area contributed by atoms with Crippen molar-refractivity contribution in [1.29, 1.82) is 0 Å². The van der Waals surface area contributed by atoms with Gasteiger partial charge in [0.25, 0.3) is 0 Å². The van der Waals surface area contributed by atoms with E-state index in [2.05, 4.69) is 47.4 Å². The van der Waals surface area contributed by atoms with Crippen molar-refractivity contribution in [2.75, 3.05) is 13.1 Å². The van der Waals surface area contributed by atoms with Gasteiger partial charge in [0, 0.05) is 12.1 Å². The minimum Gasteiger partial charge on any atom is -0.389 e. The van der Waals surface area contributed by atoms with Crippen LogP contribution in [-0.4, -0.2) is 23.0 Å². The molecule has 0 aromatic heterocycles. The van der Waals surface area contributed by atoms with Gasteiger partial charge in [0.1, 0.15) is 4.99 Å². The van der Waals surface area contributed by atoms with Gasteiger partial charge in [-0.05, 0) is 49.4 Å². The number of hydrogen-bond donors (Lipinski definition) is 1. The largest absolute Gasteiger partial charge is 0.389 e. The van der Waals surface area contributed by atoms with Crippen molar-refractivity contribution >= 4 is 17.2 Å². The Bertz CT molecular complexity index is 628. The predicted octanol–water partition coefficient (Wildman–Crippen LogP) is 3.78. The summed E-state index contributed by atoms with van der Waals surface area (Å²) in [5.41, 5.74) is 9.41. The van der Waals surface area contributed by atoms with Gasteiger partial charge in [-0.25, -0.2) is 0 Å². The summed E-state index contributed by atoms with van der Waals surface area (Å²) in [6.07, 6.45) is 3.80. The van der Waals surface area contributed by atoms with Gasteiger partial charge in [-0.1, -0.05) is 66.8 Å². The minimum absolute atomic E-state index is 0.471. The fraction of sp³-hybridized carbons (Fsp3) is 0.350. The number of likely N-dealkylation sites (tertiary alicyclic amines) is 1. The molecule has 0 atom stereocenters. The first-order chi connectivity index (χ1) is 11.2. The summed E-state index contributed by atoms with van der Waals surface area (Å²) in [6, 6.07) is 19.2. The van der Waals surface area contributed by atoms with Crippen molar-refractivity contribution in [3.8, 4) is 0 Å². The highest BCUT2D eigenvalue weighted by molar-refractivity contribution is 7.80. The average molecular weight is 324 g/mol. The van der Waals surface area contributed by atoms with Gasteiger partial charge >= 0.3 is 0 Å². The molecule has 2 aromatic carbocycles. The van der Waals surface area contributed by atoms with E-state index in [1.54, 1.807) is 0 Å². The van der Waals surface area contributed by atoms with Gasteiger partial charge in [-0.3, -0.25) is 4.90 Å².